The maximum Gasteiger partial charge on any atom is 3.00 e. The summed E-state index contributed by atoms with van der Waals surface area (Å²) in [7, 11) is 0. The quantitative estimate of drug-likeness (QED) is 0.306. The first kappa shape index (κ1) is 37.2. The van der Waals surface area contributed by atoms with Crippen LogP contribution in [0.25, 0.3) is 0 Å². The maximum absolute atomic E-state index is 6.53. The normalized spacial score (nSPS) is 6.20. The van der Waals surface area contributed by atoms with E-state index in [9.17, 15) is 0 Å². The minimum Gasteiger partial charge on any atom is -0.694 e. The summed E-state index contributed by atoms with van der Waals surface area (Å²) in [6, 6.07) is 0. The minimum absolute atomic E-state index is 0. The van der Waals surface area contributed by atoms with E-state index in [0.29, 0.717) is 0 Å². The summed E-state index contributed by atoms with van der Waals surface area (Å²) in [6.45, 7) is 14.3. The van der Waals surface area contributed by atoms with Gasteiger partial charge in [0.25, 0.3) is 0 Å². The van der Waals surface area contributed by atoms with Crippen LogP contribution in [0.1, 0.15) is 79.1 Å². The van der Waals surface area contributed by atoms with E-state index in [-0.39, 0.29) is 46.9 Å². The average Bonchev–Trinajstić information content (AvgIpc) is 2.45. The molecule has 0 aromatic carbocycles. The van der Waals surface area contributed by atoms with E-state index in [4.69, 9.17) is 12.8 Å². The summed E-state index contributed by atoms with van der Waals surface area (Å²) < 4.78 is 0. The van der Waals surface area contributed by atoms with Crippen molar-refractivity contribution >= 4 is 17.4 Å². The Bertz CT molecular complexity index is 145. The van der Waals surface area contributed by atoms with Gasteiger partial charge in [0, 0.05) is 0 Å². The van der Waals surface area contributed by atoms with Crippen molar-refractivity contribution in [2.75, 3.05) is 0 Å². The molecule has 0 N–H and O–H groups in total. The summed E-state index contributed by atoms with van der Waals surface area (Å²) in [5, 5.41) is 0. The van der Waals surface area contributed by atoms with E-state index in [1.807, 2.05) is 0 Å². The van der Waals surface area contributed by atoms with E-state index in [2.05, 4.69) is 39.5 Å². The summed E-state index contributed by atoms with van der Waals surface area (Å²) >= 11 is 0. The van der Waals surface area contributed by atoms with Crippen LogP contribution in [-0.4, -0.2) is 17.4 Å². The zero-order valence-corrected chi connectivity index (χ0v) is 17.8. The molecule has 0 nitrogen and oxygen atoms in total. The van der Waals surface area contributed by atoms with Gasteiger partial charge in [-0.25, -0.2) is 0 Å². The fraction of sp³-hybridized carbons (Fsp3) is 0.667. The first-order chi connectivity index (χ1) is 8.83. The smallest absolute Gasteiger partial charge is 0.694 e. The zero-order valence-electron chi connectivity index (χ0n) is 14.6. The van der Waals surface area contributed by atoms with Crippen molar-refractivity contribution in [1.82, 2.24) is 0 Å². The van der Waals surface area contributed by atoms with Crippen LogP contribution in [0.2, 0.25) is 0 Å². The molecule has 0 atom stereocenters. The fourth-order valence-corrected chi connectivity index (χ4v) is 0.927. The molecule has 20 heavy (non-hydrogen) atoms. The molecule has 0 bridgehead atoms. The van der Waals surface area contributed by atoms with Crippen LogP contribution < -0.4 is 29.6 Å². The second-order valence-electron chi connectivity index (χ2n) is 3.27. The van der Waals surface area contributed by atoms with Crippen LogP contribution >= 0.6 is 0 Å². The van der Waals surface area contributed by atoms with Crippen LogP contribution in [0.3, 0.4) is 0 Å². The molecular weight excluding hydrogens is 266 g/mol. The number of hydrogen-bond donors (Lipinski definition) is 0. The topological polar surface area (TPSA) is 0 Å². The Morgan fingerprint density at radius 3 is 1.10 bits per heavy atom. The number of unbranched alkanes of at least 4 members (excludes halogenated alkanes) is 6. The maximum atomic E-state index is 6.53. The van der Waals surface area contributed by atoms with Crippen molar-refractivity contribution in [2.24, 2.45) is 0 Å². The number of rotatable bonds is 6. The van der Waals surface area contributed by atoms with Crippen molar-refractivity contribution in [1.29, 1.82) is 0 Å². The molecule has 0 amide bonds. The second-order valence-corrected chi connectivity index (χ2v) is 3.27. The van der Waals surface area contributed by atoms with Crippen molar-refractivity contribution in [3.63, 3.8) is 0 Å². The van der Waals surface area contributed by atoms with E-state index in [1.54, 1.807) is 13.8 Å². The molecule has 0 unspecified atom stereocenters. The van der Waals surface area contributed by atoms with E-state index >= 15 is 0 Å². The Morgan fingerprint density at radius 1 is 0.700 bits per heavy atom. The Kier molecular flexibility index (Phi) is 112. The summed E-state index contributed by atoms with van der Waals surface area (Å²) in [4.78, 5) is 0. The molecule has 0 aliphatic rings. The zero-order chi connectivity index (χ0) is 15.1. The SMILES string of the molecule is [Al+3].[C-]#CCCCCC.[C-]#CCCCCC.[CH2-]C.[CH2-]C.[Na+]. The Labute approximate surface area is 163 Å². The third-order valence-corrected chi connectivity index (χ3v) is 1.81. The van der Waals surface area contributed by atoms with Gasteiger partial charge in [-0.2, -0.15) is 13.8 Å². The Balaban J connectivity index is -0.0000000362. The molecule has 0 saturated heterocycles. The first-order valence-corrected chi connectivity index (χ1v) is 7.04. The summed E-state index contributed by atoms with van der Waals surface area (Å²) in [6.07, 6.45) is 22.0. The van der Waals surface area contributed by atoms with E-state index in [1.165, 1.54) is 25.7 Å². The molecule has 0 heterocycles. The molecule has 0 rings (SSSR count). The standard InChI is InChI=1S/2C7H11.2C2H5.Al.Na/c2*1-3-5-7-6-4-2;2*1-2;;/h2*3,5-7H2,1H3;2*1H2,2H3;;/q4*-1;+3;+1. The third kappa shape index (κ3) is 77.6. The predicted octanol–water partition coefficient (Wildman–Crippen LogP) is 2.62. The van der Waals surface area contributed by atoms with Crippen molar-refractivity contribution in [3.05, 3.63) is 26.7 Å². The van der Waals surface area contributed by atoms with E-state index in [0.717, 1.165) is 25.7 Å². The third-order valence-electron chi connectivity index (χ3n) is 1.81. The van der Waals surface area contributed by atoms with Crippen molar-refractivity contribution < 1.29 is 29.6 Å². The van der Waals surface area contributed by atoms with Gasteiger partial charge in [-0.15, -0.1) is 0 Å². The summed E-state index contributed by atoms with van der Waals surface area (Å²) in [5.74, 6) is 4.70. The molecule has 2 heteroatoms. The van der Waals surface area contributed by atoms with Gasteiger partial charge >= 0.3 is 46.9 Å². The predicted molar refractivity (Wildman–Crippen MR) is 90.4 cm³/mol. The van der Waals surface area contributed by atoms with Gasteiger partial charge in [0.15, 0.2) is 0 Å². The van der Waals surface area contributed by atoms with Gasteiger partial charge in [0.05, 0.1) is 0 Å². The number of hydrogen-bond acceptors (Lipinski definition) is 0. The molecule has 0 saturated carbocycles. The van der Waals surface area contributed by atoms with Crippen LogP contribution in [0.4, 0.5) is 0 Å². The largest absolute Gasteiger partial charge is 3.00 e. The van der Waals surface area contributed by atoms with E-state index < -0.39 is 0 Å². The molecule has 0 aliphatic heterocycles. The van der Waals surface area contributed by atoms with Crippen LogP contribution in [-0.2, 0) is 0 Å². The second kappa shape index (κ2) is 60.3. The van der Waals surface area contributed by atoms with Crippen molar-refractivity contribution in [3.8, 4) is 11.8 Å². The first-order valence-electron chi connectivity index (χ1n) is 7.04. The molecule has 0 fully saturated rings. The molecule has 0 aromatic heterocycles. The average molecular weight is 298 g/mol. The molecular formula is C18H32AlNa. The van der Waals surface area contributed by atoms with Crippen LogP contribution in [0.5, 0.6) is 0 Å². The minimum atomic E-state index is 0. The molecule has 108 valence electrons. The molecule has 0 spiro atoms. The Hall–Kier alpha value is 0.652. The van der Waals surface area contributed by atoms with Crippen molar-refractivity contribution in [2.45, 2.75) is 79.1 Å². The van der Waals surface area contributed by atoms with Crippen LogP contribution in [0.15, 0.2) is 0 Å². The van der Waals surface area contributed by atoms with Gasteiger partial charge in [0.2, 0.25) is 0 Å². The van der Waals surface area contributed by atoms with Gasteiger partial charge < -0.3 is 38.5 Å². The van der Waals surface area contributed by atoms with Gasteiger partial charge in [0.1, 0.15) is 0 Å². The monoisotopic (exact) mass is 298 g/mol. The molecule has 0 radical (unpaired) electrons. The summed E-state index contributed by atoms with van der Waals surface area (Å²) in [5.41, 5.74) is 0. The van der Waals surface area contributed by atoms with Gasteiger partial charge in [-0.05, 0) is 25.7 Å². The van der Waals surface area contributed by atoms with Gasteiger partial charge in [-0.3, -0.25) is 0 Å². The van der Waals surface area contributed by atoms with Gasteiger partial charge in [-0.1, -0.05) is 39.5 Å². The molecule has 0 aromatic rings. The van der Waals surface area contributed by atoms with Crippen LogP contribution in [0, 0.1) is 38.5 Å². The Morgan fingerprint density at radius 2 is 0.950 bits per heavy atom. The molecule has 0 aliphatic carbocycles. The fourth-order valence-electron chi connectivity index (χ4n) is 0.927.